The molecule has 0 saturated carbocycles. The molecule has 3 nitrogen and oxygen atoms in total. The average molecular weight is 310 g/mol. The second-order valence-corrected chi connectivity index (χ2v) is 7.71. The molecule has 0 radical (unpaired) electrons. The van der Waals surface area contributed by atoms with Gasteiger partial charge in [0, 0.05) is 17.7 Å². The highest BCUT2D eigenvalue weighted by Crippen LogP contribution is 2.36. The van der Waals surface area contributed by atoms with Crippen LogP contribution in [0.2, 0.25) is 0 Å². The zero-order chi connectivity index (χ0) is 16.0. The smallest absolute Gasteiger partial charge is 0.178 e. The number of hydrogen-bond acceptors (Lipinski definition) is 2. The van der Waals surface area contributed by atoms with Crippen molar-refractivity contribution in [1.82, 2.24) is 9.55 Å². The molecule has 0 aliphatic carbocycles. The van der Waals surface area contributed by atoms with Gasteiger partial charge in [0.1, 0.15) is 0 Å². The van der Waals surface area contributed by atoms with Crippen LogP contribution >= 0.6 is 12.2 Å². The van der Waals surface area contributed by atoms with Gasteiger partial charge in [-0.05, 0) is 37.9 Å². The molecule has 21 heavy (non-hydrogen) atoms. The van der Waals surface area contributed by atoms with Crippen LogP contribution in [-0.2, 0) is 5.54 Å². The lowest BCUT2D eigenvalue weighted by Crippen LogP contribution is -2.31. The standard InChI is InChI=1S/C16H23FN2OS/c1-15(2,3)9-16(4,5)19-12-8-13(20-6)10(17)7-11(12)18-14(19)21/h7-8H,9H2,1-6H3,(H,18,21). The van der Waals surface area contributed by atoms with Gasteiger partial charge in [0.15, 0.2) is 16.3 Å². The monoisotopic (exact) mass is 310 g/mol. The molecule has 116 valence electrons. The van der Waals surface area contributed by atoms with Gasteiger partial charge in [-0.1, -0.05) is 20.8 Å². The Hall–Kier alpha value is -1.36. The molecule has 0 saturated heterocycles. The fourth-order valence-corrected chi connectivity index (χ4v) is 3.70. The summed E-state index contributed by atoms with van der Waals surface area (Å²) in [6.45, 7) is 10.9. The van der Waals surface area contributed by atoms with Crippen molar-refractivity contribution in [2.45, 2.75) is 46.6 Å². The molecular formula is C16H23FN2OS. The lowest BCUT2D eigenvalue weighted by molar-refractivity contribution is 0.217. The van der Waals surface area contributed by atoms with E-state index in [0.717, 1.165) is 11.9 Å². The van der Waals surface area contributed by atoms with Gasteiger partial charge in [0.25, 0.3) is 0 Å². The summed E-state index contributed by atoms with van der Waals surface area (Å²) in [5.74, 6) is -0.154. The summed E-state index contributed by atoms with van der Waals surface area (Å²) in [4.78, 5) is 3.09. The van der Waals surface area contributed by atoms with Crippen molar-refractivity contribution in [3.8, 4) is 5.75 Å². The number of benzene rings is 1. The number of H-pyrrole nitrogens is 1. The Bertz CT molecular complexity index is 722. The summed E-state index contributed by atoms with van der Waals surface area (Å²) in [5, 5.41) is 0. The van der Waals surface area contributed by atoms with E-state index in [0.29, 0.717) is 10.3 Å². The summed E-state index contributed by atoms with van der Waals surface area (Å²) >= 11 is 5.46. The summed E-state index contributed by atoms with van der Waals surface area (Å²) in [6.07, 6.45) is 0.945. The van der Waals surface area contributed by atoms with Crippen LogP contribution < -0.4 is 4.74 Å². The van der Waals surface area contributed by atoms with Crippen LogP contribution in [0.5, 0.6) is 5.75 Å². The number of hydrogen-bond donors (Lipinski definition) is 1. The average Bonchev–Trinajstić information content (AvgIpc) is 2.60. The number of rotatable bonds is 3. The van der Waals surface area contributed by atoms with Crippen molar-refractivity contribution < 1.29 is 9.13 Å². The van der Waals surface area contributed by atoms with E-state index >= 15 is 0 Å². The number of ether oxygens (including phenoxy) is 1. The van der Waals surface area contributed by atoms with Gasteiger partial charge >= 0.3 is 0 Å². The fourth-order valence-electron chi connectivity index (χ4n) is 3.24. The maximum Gasteiger partial charge on any atom is 0.178 e. The third kappa shape index (κ3) is 3.12. The number of halogens is 1. The maximum atomic E-state index is 13.8. The summed E-state index contributed by atoms with van der Waals surface area (Å²) in [6, 6.07) is 3.15. The minimum Gasteiger partial charge on any atom is -0.494 e. The van der Waals surface area contributed by atoms with Crippen LogP contribution in [0, 0.1) is 16.0 Å². The molecule has 1 N–H and O–H groups in total. The quantitative estimate of drug-likeness (QED) is 0.807. The van der Waals surface area contributed by atoms with Crippen molar-refractivity contribution in [2.75, 3.05) is 7.11 Å². The van der Waals surface area contributed by atoms with Gasteiger partial charge < -0.3 is 14.3 Å². The predicted octanol–water partition coefficient (Wildman–Crippen LogP) is 5.02. The van der Waals surface area contributed by atoms with Gasteiger partial charge in [0.05, 0.1) is 18.1 Å². The van der Waals surface area contributed by atoms with Crippen molar-refractivity contribution in [1.29, 1.82) is 0 Å². The minimum atomic E-state index is -0.387. The van der Waals surface area contributed by atoms with E-state index in [4.69, 9.17) is 17.0 Å². The highest BCUT2D eigenvalue weighted by molar-refractivity contribution is 7.71. The van der Waals surface area contributed by atoms with Crippen LogP contribution in [0.15, 0.2) is 12.1 Å². The fraction of sp³-hybridized carbons (Fsp3) is 0.562. The number of imidazole rings is 1. The van der Waals surface area contributed by atoms with Crippen LogP contribution in [-0.4, -0.2) is 16.7 Å². The van der Waals surface area contributed by atoms with E-state index in [1.54, 1.807) is 6.07 Å². The Labute approximate surface area is 130 Å². The van der Waals surface area contributed by atoms with E-state index < -0.39 is 0 Å². The number of fused-ring (bicyclic) bond motifs is 1. The summed E-state index contributed by atoms with van der Waals surface area (Å²) in [7, 11) is 1.47. The van der Waals surface area contributed by atoms with E-state index in [-0.39, 0.29) is 22.5 Å². The molecule has 1 aromatic heterocycles. The number of nitrogens with one attached hydrogen (secondary N) is 1. The lowest BCUT2D eigenvalue weighted by atomic mass is 9.81. The van der Waals surface area contributed by atoms with Crippen molar-refractivity contribution in [3.05, 3.63) is 22.7 Å². The summed E-state index contributed by atoms with van der Waals surface area (Å²) in [5.41, 5.74) is 1.54. The molecule has 0 amide bonds. The molecule has 1 heterocycles. The molecule has 0 bridgehead atoms. The van der Waals surface area contributed by atoms with Crippen molar-refractivity contribution in [2.24, 2.45) is 5.41 Å². The third-order valence-corrected chi connectivity index (χ3v) is 3.81. The van der Waals surface area contributed by atoms with E-state index in [9.17, 15) is 4.39 Å². The van der Waals surface area contributed by atoms with E-state index in [1.165, 1.54) is 13.2 Å². The Morgan fingerprint density at radius 2 is 1.86 bits per heavy atom. The predicted molar refractivity (Wildman–Crippen MR) is 87.0 cm³/mol. The molecule has 0 spiro atoms. The molecule has 0 aliphatic rings. The van der Waals surface area contributed by atoms with Gasteiger partial charge in [-0.3, -0.25) is 0 Å². The number of methoxy groups -OCH3 is 1. The van der Waals surface area contributed by atoms with E-state index in [1.807, 2.05) is 0 Å². The minimum absolute atomic E-state index is 0.159. The first kappa shape index (κ1) is 16.0. The lowest BCUT2D eigenvalue weighted by Gasteiger charge is -2.34. The van der Waals surface area contributed by atoms with Gasteiger partial charge in [-0.2, -0.15) is 0 Å². The topological polar surface area (TPSA) is 29.9 Å². The van der Waals surface area contributed by atoms with Crippen LogP contribution in [0.25, 0.3) is 11.0 Å². The first-order valence-electron chi connectivity index (χ1n) is 7.04. The molecule has 2 aromatic rings. The molecule has 5 heteroatoms. The molecule has 0 fully saturated rings. The molecular weight excluding hydrogens is 287 g/mol. The Morgan fingerprint density at radius 1 is 1.24 bits per heavy atom. The van der Waals surface area contributed by atoms with Crippen LogP contribution in [0.3, 0.4) is 0 Å². The largest absolute Gasteiger partial charge is 0.494 e. The van der Waals surface area contributed by atoms with Crippen LogP contribution in [0.4, 0.5) is 4.39 Å². The van der Waals surface area contributed by atoms with Gasteiger partial charge in [0.2, 0.25) is 0 Å². The zero-order valence-corrected chi connectivity index (χ0v) is 14.3. The van der Waals surface area contributed by atoms with E-state index in [2.05, 4.69) is 44.2 Å². The first-order valence-corrected chi connectivity index (χ1v) is 7.45. The van der Waals surface area contributed by atoms with Crippen LogP contribution in [0.1, 0.15) is 41.0 Å². The normalized spacial score (nSPS) is 12.9. The number of aromatic nitrogens is 2. The maximum absolute atomic E-state index is 13.8. The Kier molecular flexibility index (Phi) is 3.91. The van der Waals surface area contributed by atoms with Crippen molar-refractivity contribution in [3.63, 3.8) is 0 Å². The summed E-state index contributed by atoms with van der Waals surface area (Å²) < 4.78 is 21.6. The van der Waals surface area contributed by atoms with Crippen molar-refractivity contribution >= 4 is 23.3 Å². The molecule has 1 aromatic carbocycles. The van der Waals surface area contributed by atoms with Gasteiger partial charge in [-0.15, -0.1) is 0 Å². The van der Waals surface area contributed by atoms with Gasteiger partial charge in [-0.25, -0.2) is 4.39 Å². The number of aromatic amines is 1. The molecule has 0 aliphatic heterocycles. The molecule has 2 rings (SSSR count). The Balaban J connectivity index is 2.68. The third-order valence-electron chi connectivity index (χ3n) is 3.52. The highest BCUT2D eigenvalue weighted by atomic mass is 32.1. The SMILES string of the molecule is COc1cc2c(cc1F)[nH]c(=S)n2C(C)(C)CC(C)(C)C. The highest BCUT2D eigenvalue weighted by Gasteiger charge is 2.29. The molecule has 0 atom stereocenters. The Morgan fingerprint density at radius 3 is 2.38 bits per heavy atom. The zero-order valence-electron chi connectivity index (χ0n) is 13.5. The molecule has 0 unspecified atom stereocenters. The second-order valence-electron chi connectivity index (χ2n) is 7.32. The second kappa shape index (κ2) is 5.13. The number of nitrogens with zero attached hydrogens (tertiary/aromatic N) is 1. The first-order chi connectivity index (χ1) is 9.55.